The molecule has 0 unspecified atom stereocenters. The number of sulfonamides is 1. The van der Waals surface area contributed by atoms with Gasteiger partial charge in [0.1, 0.15) is 5.75 Å². The number of benzene rings is 2. The van der Waals surface area contributed by atoms with Crippen molar-refractivity contribution >= 4 is 33.2 Å². The smallest absolute Gasteiger partial charge is 0.264 e. The summed E-state index contributed by atoms with van der Waals surface area (Å²) < 4.78 is 49.1. The summed E-state index contributed by atoms with van der Waals surface area (Å²) in [6.07, 6.45) is 10.4. The largest absolute Gasteiger partial charge is 0.490 e. The number of fused-ring (bicyclic) bond motifs is 4. The summed E-state index contributed by atoms with van der Waals surface area (Å²) in [5, 5.41) is -0.00585. The molecule has 1 N–H and O–H groups in total. The molecule has 2 aromatic rings. The number of halogens is 1. The molecule has 1 saturated heterocycles. The molecule has 9 nitrogen and oxygen atoms in total. The van der Waals surface area contributed by atoms with Gasteiger partial charge in [0.05, 0.1) is 36.4 Å². The zero-order valence-electron chi connectivity index (χ0n) is 29.7. The summed E-state index contributed by atoms with van der Waals surface area (Å²) in [5.74, 6) is 0.546. The zero-order valence-corrected chi connectivity index (χ0v) is 31.2. The first-order chi connectivity index (χ1) is 24.0. The monoisotopic (exact) mass is 725 g/mol. The van der Waals surface area contributed by atoms with Crippen molar-refractivity contribution in [3.05, 3.63) is 70.3 Å². The molecule has 1 saturated carbocycles. The zero-order chi connectivity index (χ0) is 35.1. The van der Waals surface area contributed by atoms with E-state index in [9.17, 15) is 13.2 Å². The number of nitrogens with one attached hydrogen (secondary N) is 1. The third kappa shape index (κ3) is 7.07. The average molecular weight is 726 g/mol. The Hall–Kier alpha value is -2.63. The number of carbonyl (C=O) groups is 1. The minimum Gasteiger partial charge on any atom is -0.490 e. The number of carbonyl (C=O) groups excluding carboxylic acids is 1. The summed E-state index contributed by atoms with van der Waals surface area (Å²) in [6.45, 7) is 9.62. The molecule has 11 heteroatoms. The summed E-state index contributed by atoms with van der Waals surface area (Å²) in [4.78, 5) is 18.5. The van der Waals surface area contributed by atoms with Crippen LogP contribution in [0.25, 0.3) is 0 Å². The van der Waals surface area contributed by atoms with Crippen molar-refractivity contribution in [1.29, 1.82) is 0 Å². The number of allylic oxidation sites excluding steroid dienone is 1. The van der Waals surface area contributed by atoms with E-state index in [1.165, 1.54) is 11.1 Å². The fraction of sp³-hybridized carbons (Fsp3) is 0.615. The van der Waals surface area contributed by atoms with Crippen LogP contribution in [0.3, 0.4) is 0 Å². The lowest BCUT2D eigenvalue weighted by Gasteiger charge is -2.49. The van der Waals surface area contributed by atoms with Crippen LogP contribution in [0.5, 0.6) is 5.75 Å². The number of methoxy groups -OCH3 is 1. The number of aryl methyl sites for hydroxylation is 1. The number of hydrogen-bond acceptors (Lipinski definition) is 8. The van der Waals surface area contributed by atoms with Crippen molar-refractivity contribution in [3.63, 3.8) is 0 Å². The van der Waals surface area contributed by atoms with Gasteiger partial charge in [-0.1, -0.05) is 36.7 Å². The number of morpholine rings is 1. The molecule has 7 rings (SSSR count). The number of ether oxygens (including phenoxy) is 3. The third-order valence-corrected chi connectivity index (χ3v) is 14.6. The molecule has 2 aliphatic carbocycles. The van der Waals surface area contributed by atoms with Crippen molar-refractivity contribution in [2.24, 2.45) is 17.8 Å². The Labute approximate surface area is 302 Å². The molecule has 5 aliphatic rings. The lowest BCUT2D eigenvalue weighted by Crippen LogP contribution is -2.52. The van der Waals surface area contributed by atoms with Crippen molar-refractivity contribution in [2.45, 2.75) is 75.1 Å². The Kier molecular flexibility index (Phi) is 10.3. The Morgan fingerprint density at radius 3 is 2.70 bits per heavy atom. The maximum absolute atomic E-state index is 14.1. The fourth-order valence-electron chi connectivity index (χ4n) is 9.24. The molecule has 1 amide bonds. The molecule has 0 aromatic heterocycles. The molecule has 3 aliphatic heterocycles. The van der Waals surface area contributed by atoms with E-state index >= 15 is 0 Å². The second kappa shape index (κ2) is 14.4. The van der Waals surface area contributed by atoms with Gasteiger partial charge in [-0.15, -0.1) is 0 Å². The van der Waals surface area contributed by atoms with Crippen LogP contribution in [-0.4, -0.2) is 89.7 Å². The van der Waals surface area contributed by atoms with Gasteiger partial charge in [0.25, 0.3) is 5.91 Å². The maximum atomic E-state index is 14.1. The minimum atomic E-state index is -4.02. The first-order valence-corrected chi connectivity index (χ1v) is 20.3. The SMILES string of the molecule is CO[C@@]1(C)/C=C/C[C@H](C)[C@@H](CCN2CCOCC2)S(=O)(=O)NC(=O)c2ccc3c(c2)N(C[C@@H]2CC[C@H]21)C[C@@]1(CCCc2cc(Cl)ccc21)CO3. The van der Waals surface area contributed by atoms with E-state index < -0.39 is 26.8 Å². The number of anilines is 1. The van der Waals surface area contributed by atoms with Crippen molar-refractivity contribution in [2.75, 3.05) is 64.6 Å². The van der Waals surface area contributed by atoms with Crippen LogP contribution < -0.4 is 14.4 Å². The van der Waals surface area contributed by atoms with Crippen LogP contribution in [-0.2, 0) is 31.3 Å². The van der Waals surface area contributed by atoms with Crippen LogP contribution >= 0.6 is 11.6 Å². The summed E-state index contributed by atoms with van der Waals surface area (Å²) in [7, 11) is -2.24. The molecule has 0 radical (unpaired) electrons. The van der Waals surface area contributed by atoms with Crippen LogP contribution in [0.15, 0.2) is 48.6 Å². The fourth-order valence-corrected chi connectivity index (χ4v) is 11.1. The molecule has 3 heterocycles. The van der Waals surface area contributed by atoms with Crippen LogP contribution in [0.2, 0.25) is 5.02 Å². The summed E-state index contributed by atoms with van der Waals surface area (Å²) in [6, 6.07) is 11.6. The van der Waals surface area contributed by atoms with Gasteiger partial charge < -0.3 is 19.1 Å². The van der Waals surface area contributed by atoms with Crippen molar-refractivity contribution in [1.82, 2.24) is 9.62 Å². The second-order valence-electron chi connectivity index (χ2n) is 15.5. The average Bonchev–Trinajstić information content (AvgIpc) is 3.23. The number of nitrogens with zero attached hydrogens (tertiary/aromatic N) is 2. The standard InChI is InChI=1S/C39H52ClN3O6S/c1-27-6-4-15-38(2,47-3)32-11-8-30(32)24-43-25-39(16-5-7-28-22-31(40)10-12-33(28)39)26-49-35-13-9-29(23-34(35)43)37(44)41-50(45,46)36(27)14-17-42-18-20-48-21-19-42/h4,9-10,12-13,15,22-23,27,30,32,36H,5-8,11,14,16-21,24-26H2,1-3H3,(H,41,44)/b15-4+/t27-,30-,32+,36+,38-,39-/m0/s1. The molecule has 2 bridgehead atoms. The second-order valence-corrected chi connectivity index (χ2v) is 17.8. The van der Waals surface area contributed by atoms with E-state index in [1.54, 1.807) is 13.2 Å². The maximum Gasteiger partial charge on any atom is 0.264 e. The van der Waals surface area contributed by atoms with Gasteiger partial charge in [-0.3, -0.25) is 9.69 Å². The Bertz CT molecular complexity index is 1710. The quantitative estimate of drug-likeness (QED) is 0.384. The molecule has 1 spiro atoms. The van der Waals surface area contributed by atoms with E-state index in [0.29, 0.717) is 62.4 Å². The Balaban J connectivity index is 1.26. The summed E-state index contributed by atoms with van der Waals surface area (Å²) >= 11 is 6.46. The van der Waals surface area contributed by atoms with Crippen molar-refractivity contribution < 1.29 is 27.4 Å². The molecular weight excluding hydrogens is 674 g/mol. The minimum absolute atomic E-state index is 0.218. The van der Waals surface area contributed by atoms with Gasteiger partial charge in [-0.25, -0.2) is 13.1 Å². The third-order valence-electron chi connectivity index (χ3n) is 12.4. The highest BCUT2D eigenvalue weighted by Crippen LogP contribution is 2.49. The van der Waals surface area contributed by atoms with E-state index in [1.807, 2.05) is 25.1 Å². The van der Waals surface area contributed by atoms with Gasteiger partial charge in [0, 0.05) is 49.3 Å². The van der Waals surface area contributed by atoms with Crippen LogP contribution in [0.1, 0.15) is 73.9 Å². The first-order valence-electron chi connectivity index (χ1n) is 18.4. The molecule has 6 atom stereocenters. The highest BCUT2D eigenvalue weighted by Gasteiger charge is 2.47. The molecule has 2 fully saturated rings. The van der Waals surface area contributed by atoms with Crippen LogP contribution in [0.4, 0.5) is 5.69 Å². The topological polar surface area (TPSA) is 97.4 Å². The van der Waals surface area contributed by atoms with Gasteiger partial charge in [0.15, 0.2) is 0 Å². The molecular formula is C39H52ClN3O6S. The Morgan fingerprint density at radius 1 is 1.12 bits per heavy atom. The molecule has 2 aromatic carbocycles. The van der Waals surface area contributed by atoms with Crippen LogP contribution in [0, 0.1) is 17.8 Å². The van der Waals surface area contributed by atoms with Gasteiger partial charge in [-0.05, 0) is 118 Å². The molecule has 50 heavy (non-hydrogen) atoms. The first kappa shape index (κ1) is 35.8. The van der Waals surface area contributed by atoms with Crippen molar-refractivity contribution in [3.8, 4) is 5.75 Å². The number of amides is 1. The normalized spacial score (nSPS) is 33.6. The van der Waals surface area contributed by atoms with Gasteiger partial charge in [-0.2, -0.15) is 0 Å². The van der Waals surface area contributed by atoms with E-state index in [0.717, 1.165) is 69.0 Å². The predicted molar refractivity (Wildman–Crippen MR) is 197 cm³/mol. The highest BCUT2D eigenvalue weighted by molar-refractivity contribution is 7.90. The van der Waals surface area contributed by atoms with E-state index in [4.69, 9.17) is 25.8 Å². The Morgan fingerprint density at radius 2 is 1.94 bits per heavy atom. The number of rotatable bonds is 4. The lowest BCUT2D eigenvalue weighted by atomic mass is 9.64. The summed E-state index contributed by atoms with van der Waals surface area (Å²) in [5.41, 5.74) is 2.95. The van der Waals surface area contributed by atoms with Gasteiger partial charge in [0.2, 0.25) is 10.0 Å². The number of hydrogen-bond donors (Lipinski definition) is 1. The highest BCUT2D eigenvalue weighted by atomic mass is 35.5. The lowest BCUT2D eigenvalue weighted by molar-refractivity contribution is -0.0622. The van der Waals surface area contributed by atoms with E-state index in [-0.39, 0.29) is 11.3 Å². The van der Waals surface area contributed by atoms with E-state index in [2.05, 4.69) is 45.7 Å². The molecule has 272 valence electrons. The van der Waals surface area contributed by atoms with Gasteiger partial charge >= 0.3 is 0 Å². The predicted octanol–water partition coefficient (Wildman–Crippen LogP) is 5.99.